The molecule has 0 unspecified atom stereocenters. The van der Waals surface area contributed by atoms with Gasteiger partial charge in [-0.05, 0) is 50.7 Å². The van der Waals surface area contributed by atoms with Gasteiger partial charge in [0.15, 0.2) is 17.0 Å². The molecule has 34 heavy (non-hydrogen) atoms. The highest BCUT2D eigenvalue weighted by molar-refractivity contribution is 5.84. The third-order valence-corrected chi connectivity index (χ3v) is 7.97. The van der Waals surface area contributed by atoms with Crippen molar-refractivity contribution in [1.29, 1.82) is 0 Å². The van der Waals surface area contributed by atoms with Gasteiger partial charge in [-0.2, -0.15) is 0 Å². The molecule has 1 saturated carbocycles. The van der Waals surface area contributed by atoms with Crippen LogP contribution in [0.1, 0.15) is 69.4 Å². The minimum Gasteiger partial charge on any atom is -0.467 e. The maximum atomic E-state index is 13.7. The van der Waals surface area contributed by atoms with Crippen molar-refractivity contribution in [1.82, 2.24) is 24.4 Å². The van der Waals surface area contributed by atoms with E-state index in [4.69, 9.17) is 9.40 Å². The van der Waals surface area contributed by atoms with Crippen LogP contribution in [0.4, 0.5) is 5.82 Å². The fraction of sp³-hybridized carbons (Fsp3) is 0.615. The van der Waals surface area contributed by atoms with Crippen LogP contribution < -0.4 is 4.90 Å². The van der Waals surface area contributed by atoms with Crippen LogP contribution in [0.3, 0.4) is 0 Å². The van der Waals surface area contributed by atoms with E-state index < -0.39 is 0 Å². The lowest BCUT2D eigenvalue weighted by atomic mass is 9.94. The van der Waals surface area contributed by atoms with Crippen molar-refractivity contribution in [3.05, 3.63) is 36.3 Å². The molecule has 5 heterocycles. The Hall–Kier alpha value is -2.90. The Balaban J connectivity index is 1.18. The lowest BCUT2D eigenvalue weighted by molar-refractivity contribution is -0.139. The fourth-order valence-electron chi connectivity index (χ4n) is 6.10. The van der Waals surface area contributed by atoms with Gasteiger partial charge in [0.05, 0.1) is 12.8 Å². The molecule has 2 aliphatic heterocycles. The molecule has 1 saturated heterocycles. The van der Waals surface area contributed by atoms with E-state index in [0.29, 0.717) is 18.5 Å². The molecule has 6 rings (SSSR count). The number of amides is 1. The van der Waals surface area contributed by atoms with Crippen molar-refractivity contribution < 1.29 is 9.21 Å². The molecule has 0 radical (unpaired) electrons. The summed E-state index contributed by atoms with van der Waals surface area (Å²) in [6, 6.07) is 4.23. The van der Waals surface area contributed by atoms with Crippen LogP contribution in [-0.2, 0) is 24.3 Å². The summed E-state index contributed by atoms with van der Waals surface area (Å²) in [6.07, 6.45) is 14.3. The standard InChI is InChI=1S/C26H34N6O2/c33-26(32(20-7-3-4-8-20)17-21-9-6-16-34-21)19-11-14-30(15-12-19)24-23-25(28-18-27-24)31-13-5-1-2-10-22(31)29-23/h6,9,16,18-20H,1-5,7-8,10-15,17H2. The summed E-state index contributed by atoms with van der Waals surface area (Å²) in [4.78, 5) is 32.3. The maximum Gasteiger partial charge on any atom is 0.226 e. The van der Waals surface area contributed by atoms with E-state index in [1.807, 2.05) is 12.1 Å². The minimum absolute atomic E-state index is 0.0582. The summed E-state index contributed by atoms with van der Waals surface area (Å²) in [7, 11) is 0. The van der Waals surface area contributed by atoms with E-state index in [-0.39, 0.29) is 5.92 Å². The lowest BCUT2D eigenvalue weighted by Crippen LogP contribution is -2.46. The number of carbonyl (C=O) groups excluding carboxylic acids is 1. The lowest BCUT2D eigenvalue weighted by Gasteiger charge is -2.36. The van der Waals surface area contributed by atoms with Crippen molar-refractivity contribution in [2.75, 3.05) is 18.0 Å². The van der Waals surface area contributed by atoms with Gasteiger partial charge in [-0.3, -0.25) is 4.79 Å². The van der Waals surface area contributed by atoms with Crippen molar-refractivity contribution >= 4 is 22.9 Å². The Morgan fingerprint density at radius 3 is 2.68 bits per heavy atom. The zero-order valence-corrected chi connectivity index (χ0v) is 19.9. The predicted octanol–water partition coefficient (Wildman–Crippen LogP) is 4.33. The second kappa shape index (κ2) is 9.39. The van der Waals surface area contributed by atoms with Gasteiger partial charge >= 0.3 is 0 Å². The van der Waals surface area contributed by atoms with E-state index in [0.717, 1.165) is 80.3 Å². The SMILES string of the molecule is O=C(C1CCN(c2ncnc3c2nc2n3CCCCC2)CC1)N(Cc1ccco1)C1CCCC1. The number of hydrogen-bond donors (Lipinski definition) is 0. The van der Waals surface area contributed by atoms with E-state index in [1.54, 1.807) is 12.6 Å². The highest BCUT2D eigenvalue weighted by atomic mass is 16.3. The number of carbonyl (C=O) groups is 1. The Kier molecular flexibility index (Phi) is 5.97. The molecule has 3 aromatic rings. The first-order valence-electron chi connectivity index (χ1n) is 13.1. The predicted molar refractivity (Wildman–Crippen MR) is 129 cm³/mol. The monoisotopic (exact) mass is 462 g/mol. The van der Waals surface area contributed by atoms with Gasteiger partial charge in [-0.15, -0.1) is 0 Å². The molecule has 0 N–H and O–H groups in total. The molecular weight excluding hydrogens is 428 g/mol. The number of furan rings is 1. The number of rotatable bonds is 5. The Morgan fingerprint density at radius 2 is 1.88 bits per heavy atom. The first-order chi connectivity index (χ1) is 16.8. The van der Waals surface area contributed by atoms with E-state index in [2.05, 4.69) is 24.3 Å². The number of fused-ring (bicyclic) bond motifs is 3. The summed E-state index contributed by atoms with van der Waals surface area (Å²) in [6.45, 7) is 3.23. The molecule has 3 aliphatic rings. The number of imidazole rings is 1. The third kappa shape index (κ3) is 4.07. The van der Waals surface area contributed by atoms with Gasteiger partial charge < -0.3 is 18.8 Å². The van der Waals surface area contributed by atoms with E-state index in [1.165, 1.54) is 32.1 Å². The second-order valence-corrected chi connectivity index (χ2v) is 10.1. The first-order valence-corrected chi connectivity index (χ1v) is 13.1. The molecular formula is C26H34N6O2. The molecule has 3 aromatic heterocycles. The van der Waals surface area contributed by atoms with Gasteiger partial charge in [0.1, 0.15) is 17.9 Å². The number of hydrogen-bond acceptors (Lipinski definition) is 6. The Morgan fingerprint density at radius 1 is 1.03 bits per heavy atom. The molecule has 1 amide bonds. The molecule has 180 valence electrons. The number of aromatic nitrogens is 4. The number of nitrogens with zero attached hydrogens (tertiary/aromatic N) is 6. The van der Waals surface area contributed by atoms with Crippen LogP contribution in [0.15, 0.2) is 29.1 Å². The van der Waals surface area contributed by atoms with Gasteiger partial charge in [0, 0.05) is 38.0 Å². The molecule has 2 fully saturated rings. The average molecular weight is 463 g/mol. The summed E-state index contributed by atoms with van der Waals surface area (Å²) in [5.74, 6) is 3.30. The zero-order chi connectivity index (χ0) is 22.9. The van der Waals surface area contributed by atoms with Crippen LogP contribution in [0.5, 0.6) is 0 Å². The van der Waals surface area contributed by atoms with Crippen LogP contribution >= 0.6 is 0 Å². The minimum atomic E-state index is 0.0582. The molecule has 8 heteroatoms. The van der Waals surface area contributed by atoms with Crippen LogP contribution in [0.2, 0.25) is 0 Å². The summed E-state index contributed by atoms with van der Waals surface area (Å²) in [5.41, 5.74) is 1.89. The van der Waals surface area contributed by atoms with E-state index in [9.17, 15) is 4.79 Å². The molecule has 8 nitrogen and oxygen atoms in total. The summed E-state index contributed by atoms with van der Waals surface area (Å²) >= 11 is 0. The first kappa shape index (κ1) is 21.6. The largest absolute Gasteiger partial charge is 0.467 e. The van der Waals surface area contributed by atoms with Crippen LogP contribution in [0, 0.1) is 5.92 Å². The average Bonchev–Trinajstić information content (AvgIpc) is 3.62. The number of piperidine rings is 1. The van der Waals surface area contributed by atoms with Crippen molar-refractivity contribution in [2.45, 2.75) is 83.3 Å². The third-order valence-electron chi connectivity index (χ3n) is 7.97. The van der Waals surface area contributed by atoms with Gasteiger partial charge in [-0.1, -0.05) is 19.3 Å². The Labute approximate surface area is 200 Å². The second-order valence-electron chi connectivity index (χ2n) is 10.1. The van der Waals surface area contributed by atoms with Gasteiger partial charge in [-0.25, -0.2) is 15.0 Å². The number of anilines is 1. The smallest absolute Gasteiger partial charge is 0.226 e. The molecule has 0 atom stereocenters. The fourth-order valence-corrected chi connectivity index (χ4v) is 6.10. The molecule has 1 aliphatic carbocycles. The van der Waals surface area contributed by atoms with E-state index >= 15 is 0 Å². The zero-order valence-electron chi connectivity index (χ0n) is 19.9. The van der Waals surface area contributed by atoms with Crippen LogP contribution in [-0.4, -0.2) is 49.5 Å². The summed E-state index contributed by atoms with van der Waals surface area (Å²) in [5, 5.41) is 0. The highest BCUT2D eigenvalue weighted by Gasteiger charge is 2.34. The van der Waals surface area contributed by atoms with Crippen molar-refractivity contribution in [3.63, 3.8) is 0 Å². The van der Waals surface area contributed by atoms with Crippen molar-refractivity contribution in [3.8, 4) is 0 Å². The molecule has 0 spiro atoms. The number of aryl methyl sites for hydroxylation is 2. The van der Waals surface area contributed by atoms with Gasteiger partial charge in [0.25, 0.3) is 0 Å². The van der Waals surface area contributed by atoms with Crippen LogP contribution in [0.25, 0.3) is 11.2 Å². The highest BCUT2D eigenvalue weighted by Crippen LogP contribution is 2.32. The van der Waals surface area contributed by atoms with Crippen molar-refractivity contribution in [2.24, 2.45) is 5.92 Å². The molecule has 0 aromatic carbocycles. The van der Waals surface area contributed by atoms with Gasteiger partial charge in [0.2, 0.25) is 5.91 Å². The quantitative estimate of drug-likeness (QED) is 0.561. The normalized spacial score (nSPS) is 19.9. The molecule has 0 bridgehead atoms. The summed E-state index contributed by atoms with van der Waals surface area (Å²) < 4.78 is 7.88. The Bertz CT molecular complexity index is 1130. The maximum absolute atomic E-state index is 13.7. The topological polar surface area (TPSA) is 80.3 Å².